The zero-order chi connectivity index (χ0) is 15.6. The van der Waals surface area contributed by atoms with Crippen LogP contribution in [0.2, 0.25) is 0 Å². The molecule has 3 fully saturated rings. The summed E-state index contributed by atoms with van der Waals surface area (Å²) < 4.78 is 0. The number of amides is 1. The van der Waals surface area contributed by atoms with E-state index >= 15 is 0 Å². The number of aromatic nitrogens is 2. The van der Waals surface area contributed by atoms with Gasteiger partial charge in [-0.2, -0.15) is 0 Å². The Morgan fingerprint density at radius 3 is 3.00 bits per heavy atom. The van der Waals surface area contributed by atoms with Gasteiger partial charge in [0.2, 0.25) is 0 Å². The third kappa shape index (κ3) is 3.14. The van der Waals surface area contributed by atoms with Gasteiger partial charge in [-0.25, -0.2) is 4.98 Å². The monoisotopic (exact) mass is 328 g/mol. The maximum Gasteiger partial charge on any atom is 0.255 e. The van der Waals surface area contributed by atoms with E-state index in [9.17, 15) is 4.79 Å². The van der Waals surface area contributed by atoms with Crippen molar-refractivity contribution in [2.45, 2.75) is 25.4 Å². The second-order valence-corrected chi connectivity index (χ2v) is 7.38. The van der Waals surface area contributed by atoms with Crippen LogP contribution in [-0.4, -0.2) is 51.4 Å². The number of nitrogens with zero attached hydrogens (tertiary/aromatic N) is 4. The molecule has 0 aromatic carbocycles. The molecule has 2 aromatic heterocycles. The number of hydrogen-bond acceptors (Lipinski definition) is 5. The minimum atomic E-state index is 0.117. The lowest BCUT2D eigenvalue weighted by molar-refractivity contribution is 0.0735. The summed E-state index contributed by atoms with van der Waals surface area (Å²) in [7, 11) is 0. The molecule has 3 saturated heterocycles. The van der Waals surface area contributed by atoms with Crippen molar-refractivity contribution in [3.05, 3.63) is 46.7 Å². The summed E-state index contributed by atoms with van der Waals surface area (Å²) in [4.78, 5) is 25.8. The Labute approximate surface area is 140 Å². The average Bonchev–Trinajstić information content (AvgIpc) is 2.93. The van der Waals surface area contributed by atoms with E-state index in [1.54, 1.807) is 23.7 Å². The second-order valence-electron chi connectivity index (χ2n) is 6.40. The van der Waals surface area contributed by atoms with Gasteiger partial charge in [0.25, 0.3) is 5.91 Å². The van der Waals surface area contributed by atoms with E-state index in [4.69, 9.17) is 0 Å². The van der Waals surface area contributed by atoms with E-state index in [0.717, 1.165) is 26.2 Å². The number of rotatable bonds is 3. The van der Waals surface area contributed by atoms with Crippen molar-refractivity contribution >= 4 is 17.2 Å². The van der Waals surface area contributed by atoms with Gasteiger partial charge in [0.15, 0.2) is 0 Å². The highest BCUT2D eigenvalue weighted by atomic mass is 32.1. The summed E-state index contributed by atoms with van der Waals surface area (Å²) in [5.41, 5.74) is 0.695. The van der Waals surface area contributed by atoms with E-state index < -0.39 is 0 Å². The fraction of sp³-hybridized carbons (Fsp3) is 0.471. The van der Waals surface area contributed by atoms with Crippen LogP contribution >= 0.6 is 11.3 Å². The second kappa shape index (κ2) is 6.37. The van der Waals surface area contributed by atoms with Crippen molar-refractivity contribution < 1.29 is 4.79 Å². The molecule has 0 aliphatic carbocycles. The molecule has 5 heterocycles. The van der Waals surface area contributed by atoms with Gasteiger partial charge in [-0.1, -0.05) is 0 Å². The van der Waals surface area contributed by atoms with Crippen LogP contribution < -0.4 is 0 Å². The fourth-order valence-corrected chi connectivity index (χ4v) is 4.36. The van der Waals surface area contributed by atoms with E-state index in [1.807, 2.05) is 28.6 Å². The molecule has 3 aliphatic rings. The first-order chi connectivity index (χ1) is 11.3. The summed E-state index contributed by atoms with van der Waals surface area (Å²) in [6, 6.07) is 4.13. The smallest absolute Gasteiger partial charge is 0.255 e. The molecule has 6 heteroatoms. The lowest BCUT2D eigenvalue weighted by atomic mass is 9.95. The first-order valence-corrected chi connectivity index (χ1v) is 8.99. The van der Waals surface area contributed by atoms with Crippen LogP contribution in [0.5, 0.6) is 0 Å². The lowest BCUT2D eigenvalue weighted by Crippen LogP contribution is -2.43. The minimum absolute atomic E-state index is 0.117. The Hall–Kier alpha value is -1.79. The van der Waals surface area contributed by atoms with Crippen molar-refractivity contribution in [3.63, 3.8) is 0 Å². The number of carbonyl (C=O) groups excluding carboxylic acids is 1. The molecule has 1 amide bonds. The Morgan fingerprint density at radius 1 is 1.26 bits per heavy atom. The SMILES string of the molecule is O=C(c1cccnc1)N1C[C@@H]2CC[C@H](C1)N(Cc1nccs1)C2. The summed E-state index contributed by atoms with van der Waals surface area (Å²) in [5.74, 6) is 0.681. The molecule has 0 N–H and O–H groups in total. The first-order valence-electron chi connectivity index (χ1n) is 8.11. The van der Waals surface area contributed by atoms with Crippen molar-refractivity contribution in [3.8, 4) is 0 Å². The van der Waals surface area contributed by atoms with Gasteiger partial charge in [-0.3, -0.25) is 14.7 Å². The van der Waals surface area contributed by atoms with E-state index in [-0.39, 0.29) is 5.91 Å². The molecule has 2 atom stereocenters. The number of piperidine rings is 1. The zero-order valence-corrected chi connectivity index (χ0v) is 13.8. The zero-order valence-electron chi connectivity index (χ0n) is 13.0. The molecule has 120 valence electrons. The Morgan fingerprint density at radius 2 is 2.22 bits per heavy atom. The van der Waals surface area contributed by atoms with Crippen LogP contribution in [-0.2, 0) is 6.54 Å². The molecule has 3 aliphatic heterocycles. The molecule has 2 bridgehead atoms. The van der Waals surface area contributed by atoms with E-state index in [0.29, 0.717) is 17.5 Å². The molecular formula is C17H20N4OS. The lowest BCUT2D eigenvalue weighted by Gasteiger charge is -2.35. The Bertz CT molecular complexity index is 660. The molecule has 0 unspecified atom stereocenters. The van der Waals surface area contributed by atoms with Gasteiger partial charge >= 0.3 is 0 Å². The van der Waals surface area contributed by atoms with Crippen molar-refractivity contribution in [1.82, 2.24) is 19.8 Å². The first kappa shape index (κ1) is 14.8. The molecule has 0 saturated carbocycles. The van der Waals surface area contributed by atoms with Crippen LogP contribution in [0.25, 0.3) is 0 Å². The van der Waals surface area contributed by atoms with Gasteiger partial charge in [0.05, 0.1) is 12.1 Å². The van der Waals surface area contributed by atoms with Crippen LogP contribution in [0.15, 0.2) is 36.1 Å². The predicted molar refractivity (Wildman–Crippen MR) is 89.2 cm³/mol. The summed E-state index contributed by atoms with van der Waals surface area (Å²) in [5, 5.41) is 3.20. The molecule has 23 heavy (non-hydrogen) atoms. The van der Waals surface area contributed by atoms with Gasteiger partial charge in [-0.15, -0.1) is 11.3 Å². The van der Waals surface area contributed by atoms with Gasteiger partial charge in [0, 0.05) is 49.6 Å². The van der Waals surface area contributed by atoms with E-state index in [2.05, 4.69) is 14.9 Å². The highest BCUT2D eigenvalue weighted by molar-refractivity contribution is 7.09. The minimum Gasteiger partial charge on any atom is -0.337 e. The van der Waals surface area contributed by atoms with Crippen LogP contribution in [0.4, 0.5) is 0 Å². The molecule has 5 rings (SSSR count). The molecular weight excluding hydrogens is 308 g/mol. The third-order valence-electron chi connectivity index (χ3n) is 4.84. The summed E-state index contributed by atoms with van der Waals surface area (Å²) in [6.07, 6.45) is 7.64. The largest absolute Gasteiger partial charge is 0.337 e. The van der Waals surface area contributed by atoms with Crippen LogP contribution in [0.1, 0.15) is 28.2 Å². The molecule has 0 radical (unpaired) electrons. The third-order valence-corrected chi connectivity index (χ3v) is 5.61. The maximum absolute atomic E-state index is 12.8. The molecule has 0 spiro atoms. The van der Waals surface area contributed by atoms with Gasteiger partial charge in [-0.05, 0) is 30.9 Å². The maximum atomic E-state index is 12.8. The van der Waals surface area contributed by atoms with Crippen molar-refractivity contribution in [2.24, 2.45) is 5.92 Å². The quantitative estimate of drug-likeness (QED) is 0.867. The number of pyridine rings is 1. The standard InChI is InChI=1S/C17H20N4OS/c22-17(14-2-1-5-18-8-14)21-10-13-3-4-15(11-21)20(9-13)12-16-19-6-7-23-16/h1-2,5-8,13,15H,3-4,9-12H2/t13-,15-/m1/s1. The average molecular weight is 328 g/mol. The normalized spacial score (nSPS) is 24.6. The summed E-state index contributed by atoms with van der Waals surface area (Å²) >= 11 is 1.71. The number of fused-ring (bicyclic) bond motifs is 4. The van der Waals surface area contributed by atoms with Crippen molar-refractivity contribution in [1.29, 1.82) is 0 Å². The van der Waals surface area contributed by atoms with Crippen molar-refractivity contribution in [2.75, 3.05) is 19.6 Å². The van der Waals surface area contributed by atoms with Gasteiger partial charge in [0.1, 0.15) is 5.01 Å². The number of thiazole rings is 1. The highest BCUT2D eigenvalue weighted by Gasteiger charge is 2.36. The van der Waals surface area contributed by atoms with Crippen LogP contribution in [0.3, 0.4) is 0 Å². The highest BCUT2D eigenvalue weighted by Crippen LogP contribution is 2.30. The van der Waals surface area contributed by atoms with E-state index in [1.165, 1.54) is 17.8 Å². The van der Waals surface area contributed by atoms with Gasteiger partial charge < -0.3 is 4.90 Å². The Balaban J connectivity index is 1.50. The summed E-state index contributed by atoms with van der Waals surface area (Å²) in [6.45, 7) is 3.66. The van der Waals surface area contributed by atoms with Crippen LogP contribution in [0, 0.1) is 5.92 Å². The molecule has 2 aromatic rings. The number of carbonyl (C=O) groups is 1. The fourth-order valence-electron chi connectivity index (χ4n) is 3.72. The Kier molecular flexibility index (Phi) is 4.10. The number of hydrogen-bond donors (Lipinski definition) is 0. The topological polar surface area (TPSA) is 49.3 Å². The predicted octanol–water partition coefficient (Wildman–Crippen LogP) is 2.27. The molecule has 5 nitrogen and oxygen atoms in total.